The van der Waals surface area contributed by atoms with E-state index in [1.807, 2.05) is 17.8 Å². The summed E-state index contributed by atoms with van der Waals surface area (Å²) in [7, 11) is -2.55. The molecule has 2 aromatic carbocycles. The minimum Gasteiger partial charge on any atom is -0.496 e. The Labute approximate surface area is 173 Å². The third-order valence-corrected chi connectivity index (χ3v) is 6.46. The van der Waals surface area contributed by atoms with Gasteiger partial charge in [-0.05, 0) is 36.4 Å². The van der Waals surface area contributed by atoms with E-state index >= 15 is 0 Å². The number of rotatable bonds is 5. The van der Waals surface area contributed by atoms with Crippen LogP contribution in [0.25, 0.3) is 0 Å². The molecule has 3 N–H and O–H groups in total. The van der Waals surface area contributed by atoms with Crippen molar-refractivity contribution in [2.24, 2.45) is 5.14 Å². The number of methoxy groups -OCH3 is 1. The summed E-state index contributed by atoms with van der Waals surface area (Å²) in [5, 5.41) is 8.41. The van der Waals surface area contributed by atoms with Crippen LogP contribution in [0, 0.1) is 0 Å². The van der Waals surface area contributed by atoms with Gasteiger partial charge in [0.05, 0.1) is 28.3 Å². The first-order valence-electron chi connectivity index (χ1n) is 8.44. The van der Waals surface area contributed by atoms with Gasteiger partial charge in [0.1, 0.15) is 5.75 Å². The van der Waals surface area contributed by atoms with E-state index in [1.165, 1.54) is 25.3 Å². The summed E-state index contributed by atoms with van der Waals surface area (Å²) < 4.78 is 28.3. The number of nitrogens with one attached hydrogen (secondary N) is 1. The summed E-state index contributed by atoms with van der Waals surface area (Å²) in [5.41, 5.74) is 1.48. The molecule has 0 bridgehead atoms. The van der Waals surface area contributed by atoms with Crippen molar-refractivity contribution >= 4 is 50.7 Å². The summed E-state index contributed by atoms with van der Waals surface area (Å²) in [6, 6.07) is 9.16. The number of carbonyl (C=O) groups is 1. The van der Waals surface area contributed by atoms with Gasteiger partial charge in [-0.1, -0.05) is 11.6 Å². The summed E-state index contributed by atoms with van der Waals surface area (Å²) >= 11 is 8.32. The molecule has 1 aliphatic rings. The van der Waals surface area contributed by atoms with Gasteiger partial charge in [0.15, 0.2) is 0 Å². The number of primary sulfonamides is 1. The Morgan fingerprint density at radius 1 is 1.21 bits per heavy atom. The summed E-state index contributed by atoms with van der Waals surface area (Å²) in [4.78, 5) is 14.7. The highest BCUT2D eigenvalue weighted by atomic mass is 35.5. The number of ether oxygens (including phenoxy) is 1. The van der Waals surface area contributed by atoms with Crippen LogP contribution in [-0.2, 0) is 10.0 Å². The highest BCUT2D eigenvalue weighted by molar-refractivity contribution is 7.99. The Morgan fingerprint density at radius 3 is 2.54 bits per heavy atom. The lowest BCUT2D eigenvalue weighted by atomic mass is 10.1. The third-order valence-electron chi connectivity index (χ3n) is 4.30. The van der Waals surface area contributed by atoms with Crippen molar-refractivity contribution in [3.05, 3.63) is 47.0 Å². The van der Waals surface area contributed by atoms with Gasteiger partial charge in [0, 0.05) is 30.3 Å². The van der Waals surface area contributed by atoms with Crippen LogP contribution >= 0.6 is 23.4 Å². The van der Waals surface area contributed by atoms with Crippen molar-refractivity contribution in [3.63, 3.8) is 0 Å². The van der Waals surface area contributed by atoms with Crippen LogP contribution in [0.2, 0.25) is 5.02 Å². The quantitative estimate of drug-likeness (QED) is 0.739. The van der Waals surface area contributed by atoms with Gasteiger partial charge in [-0.2, -0.15) is 11.8 Å². The molecule has 1 saturated heterocycles. The van der Waals surface area contributed by atoms with Gasteiger partial charge in [-0.3, -0.25) is 4.79 Å². The SMILES string of the molecule is COc1ccc(S(N)(=O)=O)cc1C(=O)Nc1ccc(N2CCSCC2)c(Cl)c1. The number of benzene rings is 2. The molecule has 0 aliphatic carbocycles. The zero-order valence-electron chi connectivity index (χ0n) is 15.1. The van der Waals surface area contributed by atoms with Gasteiger partial charge in [0.25, 0.3) is 5.91 Å². The summed E-state index contributed by atoms with van der Waals surface area (Å²) in [5.74, 6) is 1.81. The highest BCUT2D eigenvalue weighted by Gasteiger charge is 2.19. The number of carbonyl (C=O) groups excluding carboxylic acids is 1. The van der Waals surface area contributed by atoms with Crippen molar-refractivity contribution in [2.45, 2.75) is 4.90 Å². The van der Waals surface area contributed by atoms with Crippen LogP contribution in [0.1, 0.15) is 10.4 Å². The van der Waals surface area contributed by atoms with E-state index in [0.29, 0.717) is 10.7 Å². The lowest BCUT2D eigenvalue weighted by Gasteiger charge is -2.29. The number of sulfonamides is 1. The number of thioether (sulfide) groups is 1. The first kappa shape index (κ1) is 20.8. The fourth-order valence-electron chi connectivity index (χ4n) is 2.89. The maximum atomic E-state index is 12.7. The molecule has 0 atom stereocenters. The molecule has 0 radical (unpaired) electrons. The monoisotopic (exact) mass is 441 g/mol. The molecule has 7 nitrogen and oxygen atoms in total. The van der Waals surface area contributed by atoms with Crippen molar-refractivity contribution < 1.29 is 17.9 Å². The number of halogens is 1. The fourth-order valence-corrected chi connectivity index (χ4v) is 4.63. The molecule has 150 valence electrons. The second-order valence-electron chi connectivity index (χ2n) is 6.13. The van der Waals surface area contributed by atoms with Crippen molar-refractivity contribution in [3.8, 4) is 5.75 Å². The number of hydrogen-bond donors (Lipinski definition) is 2. The number of amides is 1. The van der Waals surface area contributed by atoms with Crippen LogP contribution in [-0.4, -0.2) is 46.0 Å². The number of nitrogens with two attached hydrogens (primary N) is 1. The Balaban J connectivity index is 1.84. The Bertz CT molecular complexity index is 992. The minimum absolute atomic E-state index is 0.0577. The van der Waals surface area contributed by atoms with Gasteiger partial charge in [-0.25, -0.2) is 13.6 Å². The molecule has 0 saturated carbocycles. The van der Waals surface area contributed by atoms with E-state index in [4.69, 9.17) is 21.5 Å². The zero-order chi connectivity index (χ0) is 20.3. The Morgan fingerprint density at radius 2 is 1.93 bits per heavy atom. The molecular weight excluding hydrogens is 422 g/mol. The van der Waals surface area contributed by atoms with Crippen molar-refractivity contribution in [2.75, 3.05) is 41.9 Å². The van der Waals surface area contributed by atoms with E-state index in [1.54, 1.807) is 12.1 Å². The molecular formula is C18H20ClN3O4S2. The lowest BCUT2D eigenvalue weighted by Crippen LogP contribution is -2.32. The van der Waals surface area contributed by atoms with Crippen LogP contribution in [0.5, 0.6) is 5.75 Å². The normalized spacial score (nSPS) is 14.6. The first-order chi connectivity index (χ1) is 13.3. The summed E-state index contributed by atoms with van der Waals surface area (Å²) in [6.45, 7) is 1.85. The van der Waals surface area contributed by atoms with E-state index in [9.17, 15) is 13.2 Å². The number of hydrogen-bond acceptors (Lipinski definition) is 6. The molecule has 3 rings (SSSR count). The molecule has 0 spiro atoms. The average molecular weight is 442 g/mol. The molecule has 0 aromatic heterocycles. The maximum Gasteiger partial charge on any atom is 0.259 e. The largest absolute Gasteiger partial charge is 0.496 e. The Kier molecular flexibility index (Phi) is 6.39. The fraction of sp³-hybridized carbons (Fsp3) is 0.278. The molecule has 1 fully saturated rings. The van der Waals surface area contributed by atoms with Crippen LogP contribution < -0.4 is 20.1 Å². The molecule has 10 heteroatoms. The van der Waals surface area contributed by atoms with Crippen LogP contribution in [0.4, 0.5) is 11.4 Å². The predicted octanol–water partition coefficient (Wildman–Crippen LogP) is 2.80. The smallest absolute Gasteiger partial charge is 0.259 e. The molecule has 28 heavy (non-hydrogen) atoms. The van der Waals surface area contributed by atoms with Crippen molar-refractivity contribution in [1.82, 2.24) is 0 Å². The maximum absolute atomic E-state index is 12.7. The molecule has 1 amide bonds. The van der Waals surface area contributed by atoms with Gasteiger partial charge in [0.2, 0.25) is 10.0 Å². The molecule has 0 unspecified atom stereocenters. The number of nitrogens with zero attached hydrogens (tertiary/aromatic N) is 1. The molecule has 2 aromatic rings. The topological polar surface area (TPSA) is 102 Å². The summed E-state index contributed by atoms with van der Waals surface area (Å²) in [6.07, 6.45) is 0. The Hall–Kier alpha value is -1.94. The first-order valence-corrected chi connectivity index (χ1v) is 11.5. The second kappa shape index (κ2) is 8.60. The van der Waals surface area contributed by atoms with E-state index in [0.717, 1.165) is 30.3 Å². The minimum atomic E-state index is -3.95. The van der Waals surface area contributed by atoms with Gasteiger partial charge < -0.3 is 15.0 Å². The van der Waals surface area contributed by atoms with Crippen LogP contribution in [0.15, 0.2) is 41.3 Å². The lowest BCUT2D eigenvalue weighted by molar-refractivity contribution is 0.102. The number of anilines is 2. The van der Waals surface area contributed by atoms with Gasteiger partial charge >= 0.3 is 0 Å². The third kappa shape index (κ3) is 4.72. The van der Waals surface area contributed by atoms with Crippen LogP contribution in [0.3, 0.4) is 0 Å². The van der Waals surface area contributed by atoms with E-state index in [-0.39, 0.29) is 16.2 Å². The second-order valence-corrected chi connectivity index (χ2v) is 9.32. The standard InChI is InChI=1S/C18H20ClN3O4S2/c1-26-17-5-3-13(28(20,24)25)11-14(17)18(23)21-12-2-4-16(15(19)10-12)22-6-8-27-9-7-22/h2-5,10-11H,6-9H2,1H3,(H,21,23)(H2,20,24,25). The molecule has 1 heterocycles. The predicted molar refractivity (Wildman–Crippen MR) is 113 cm³/mol. The molecule has 1 aliphatic heterocycles. The van der Waals surface area contributed by atoms with Crippen molar-refractivity contribution in [1.29, 1.82) is 0 Å². The average Bonchev–Trinajstić information content (AvgIpc) is 2.67. The zero-order valence-corrected chi connectivity index (χ0v) is 17.5. The highest BCUT2D eigenvalue weighted by Crippen LogP contribution is 2.31. The van der Waals surface area contributed by atoms with E-state index in [2.05, 4.69) is 10.2 Å². The van der Waals surface area contributed by atoms with Gasteiger partial charge in [-0.15, -0.1) is 0 Å². The van der Waals surface area contributed by atoms with E-state index < -0.39 is 15.9 Å².